The molecule has 114 valence electrons. The second-order valence-electron chi connectivity index (χ2n) is 6.10. The van der Waals surface area contributed by atoms with Gasteiger partial charge < -0.3 is 5.32 Å². The van der Waals surface area contributed by atoms with Gasteiger partial charge in [-0.05, 0) is 30.5 Å². The molecule has 1 amide bonds. The molecule has 22 heavy (non-hydrogen) atoms. The van der Waals surface area contributed by atoms with Crippen molar-refractivity contribution in [2.75, 3.05) is 5.32 Å². The first-order chi connectivity index (χ1) is 10.7. The van der Waals surface area contributed by atoms with Crippen molar-refractivity contribution in [2.45, 2.75) is 44.1 Å². The van der Waals surface area contributed by atoms with E-state index in [4.69, 9.17) is 0 Å². The Morgan fingerprint density at radius 1 is 1.14 bits per heavy atom. The van der Waals surface area contributed by atoms with Crippen molar-refractivity contribution in [1.82, 2.24) is 14.8 Å². The molecule has 1 saturated carbocycles. The van der Waals surface area contributed by atoms with Gasteiger partial charge in [0.25, 0.3) is 5.56 Å². The van der Waals surface area contributed by atoms with Crippen molar-refractivity contribution < 1.29 is 4.79 Å². The highest BCUT2D eigenvalue weighted by atomic mass is 16.2. The van der Waals surface area contributed by atoms with Gasteiger partial charge in [0.05, 0.1) is 11.6 Å². The molecule has 1 aliphatic heterocycles. The summed E-state index contributed by atoms with van der Waals surface area (Å²) in [5, 5.41) is 5.85. The Balaban J connectivity index is 1.84. The molecular weight excluding hydrogens is 280 g/mol. The van der Waals surface area contributed by atoms with E-state index in [2.05, 4.69) is 15.4 Å². The van der Waals surface area contributed by atoms with Crippen LogP contribution in [0.5, 0.6) is 0 Å². The Morgan fingerprint density at radius 3 is 2.59 bits per heavy atom. The van der Waals surface area contributed by atoms with E-state index >= 15 is 0 Å². The highest BCUT2D eigenvalue weighted by Gasteiger charge is 2.34. The van der Waals surface area contributed by atoms with Gasteiger partial charge in [-0.1, -0.05) is 12.8 Å². The Bertz CT molecular complexity index is 756. The van der Waals surface area contributed by atoms with Gasteiger partial charge in [0, 0.05) is 24.7 Å². The number of hydrogen-bond donors (Lipinski definition) is 2. The number of pyridine rings is 1. The van der Waals surface area contributed by atoms with E-state index in [0.717, 1.165) is 18.4 Å². The van der Waals surface area contributed by atoms with Gasteiger partial charge in [-0.25, -0.2) is 0 Å². The number of aromatic amines is 1. The number of rotatable bonds is 2. The number of nitrogens with zero attached hydrogens (tertiary/aromatic N) is 2. The van der Waals surface area contributed by atoms with E-state index in [1.54, 1.807) is 12.4 Å². The third-order valence-electron chi connectivity index (χ3n) is 4.76. The van der Waals surface area contributed by atoms with Crippen LogP contribution in [0.4, 0.5) is 5.82 Å². The molecular formula is C16H18N4O2. The summed E-state index contributed by atoms with van der Waals surface area (Å²) in [5.74, 6) is 0.424. The highest BCUT2D eigenvalue weighted by Crippen LogP contribution is 2.38. The fourth-order valence-corrected chi connectivity index (χ4v) is 3.70. The molecule has 0 bridgehead atoms. The molecule has 2 aromatic rings. The summed E-state index contributed by atoms with van der Waals surface area (Å²) in [6.45, 7) is 0. The second-order valence-corrected chi connectivity index (χ2v) is 6.10. The van der Waals surface area contributed by atoms with E-state index in [9.17, 15) is 9.59 Å². The van der Waals surface area contributed by atoms with Crippen LogP contribution in [0.1, 0.15) is 55.2 Å². The standard InChI is InChI=1S/C16H18N4O2/c21-13-9-12(10-5-7-17-8-6-10)14-15(18-13)20(19-16(14)22)11-3-1-2-4-11/h5-8,11-12H,1-4,9H2,(H,18,21)(H,19,22)/t12-/m0/s1. The monoisotopic (exact) mass is 298 g/mol. The first-order valence-corrected chi connectivity index (χ1v) is 7.78. The van der Waals surface area contributed by atoms with Gasteiger partial charge in [0.15, 0.2) is 0 Å². The van der Waals surface area contributed by atoms with Crippen LogP contribution in [0.25, 0.3) is 0 Å². The van der Waals surface area contributed by atoms with Crippen molar-refractivity contribution in [2.24, 2.45) is 0 Å². The molecule has 0 saturated heterocycles. The smallest absolute Gasteiger partial charge is 0.270 e. The van der Waals surface area contributed by atoms with Crippen LogP contribution >= 0.6 is 0 Å². The predicted octanol–water partition coefficient (Wildman–Crippen LogP) is 2.16. The topological polar surface area (TPSA) is 79.8 Å². The van der Waals surface area contributed by atoms with Crippen molar-refractivity contribution >= 4 is 11.7 Å². The van der Waals surface area contributed by atoms with Crippen LogP contribution in [0.2, 0.25) is 0 Å². The molecule has 0 spiro atoms. The van der Waals surface area contributed by atoms with Crippen molar-refractivity contribution in [3.05, 3.63) is 46.0 Å². The molecule has 4 rings (SSSR count). The molecule has 0 unspecified atom stereocenters. The number of hydrogen-bond acceptors (Lipinski definition) is 3. The summed E-state index contributed by atoms with van der Waals surface area (Å²) < 4.78 is 1.88. The molecule has 6 nitrogen and oxygen atoms in total. The molecule has 1 atom stereocenters. The maximum atomic E-state index is 12.5. The van der Waals surface area contributed by atoms with Crippen molar-refractivity contribution in [1.29, 1.82) is 0 Å². The van der Waals surface area contributed by atoms with Crippen LogP contribution in [-0.2, 0) is 4.79 Å². The van der Waals surface area contributed by atoms with E-state index in [1.165, 1.54) is 12.8 Å². The number of carbonyl (C=O) groups is 1. The van der Waals surface area contributed by atoms with Gasteiger partial charge in [-0.15, -0.1) is 0 Å². The lowest BCUT2D eigenvalue weighted by Crippen LogP contribution is -2.27. The Morgan fingerprint density at radius 2 is 1.86 bits per heavy atom. The zero-order valence-corrected chi connectivity index (χ0v) is 12.2. The van der Waals surface area contributed by atoms with Crippen LogP contribution in [-0.4, -0.2) is 20.7 Å². The van der Waals surface area contributed by atoms with Crippen LogP contribution in [0, 0.1) is 0 Å². The average molecular weight is 298 g/mol. The van der Waals surface area contributed by atoms with Crippen LogP contribution in [0.3, 0.4) is 0 Å². The van der Waals surface area contributed by atoms with Gasteiger partial charge in [0.2, 0.25) is 5.91 Å². The minimum atomic E-state index is -0.196. The molecule has 0 aromatic carbocycles. The summed E-state index contributed by atoms with van der Waals surface area (Å²) in [6, 6.07) is 4.03. The number of carbonyl (C=O) groups excluding carboxylic acids is 1. The Labute approximate surface area is 127 Å². The largest absolute Gasteiger partial charge is 0.311 e. The summed E-state index contributed by atoms with van der Waals surface area (Å²) in [6.07, 6.45) is 8.13. The number of amides is 1. The molecule has 0 radical (unpaired) electrons. The molecule has 2 aliphatic rings. The van der Waals surface area contributed by atoms with Gasteiger partial charge in [-0.2, -0.15) is 0 Å². The van der Waals surface area contributed by atoms with Gasteiger partial charge in [0.1, 0.15) is 5.82 Å². The number of anilines is 1. The van der Waals surface area contributed by atoms with Gasteiger partial charge in [-0.3, -0.25) is 24.4 Å². The summed E-state index contributed by atoms with van der Waals surface area (Å²) in [4.78, 5) is 28.6. The number of fused-ring (bicyclic) bond motifs is 1. The number of H-pyrrole nitrogens is 1. The third-order valence-corrected chi connectivity index (χ3v) is 4.76. The number of nitrogens with one attached hydrogen (secondary N) is 2. The van der Waals surface area contributed by atoms with Gasteiger partial charge >= 0.3 is 0 Å². The maximum Gasteiger partial charge on any atom is 0.270 e. The molecule has 3 heterocycles. The lowest BCUT2D eigenvalue weighted by molar-refractivity contribution is -0.116. The van der Waals surface area contributed by atoms with Crippen molar-refractivity contribution in [3.8, 4) is 0 Å². The van der Waals surface area contributed by atoms with Crippen molar-refractivity contribution in [3.63, 3.8) is 0 Å². The highest BCUT2D eigenvalue weighted by molar-refractivity contribution is 5.94. The second kappa shape index (κ2) is 5.12. The zero-order chi connectivity index (χ0) is 15.1. The third kappa shape index (κ3) is 2.06. The SMILES string of the molecule is O=C1C[C@@H](c2ccncc2)c2c(n(C3CCCC3)[nH]c2=O)N1. The van der Waals surface area contributed by atoms with E-state index in [-0.39, 0.29) is 23.4 Å². The van der Waals surface area contributed by atoms with Crippen LogP contribution in [0.15, 0.2) is 29.3 Å². The summed E-state index contributed by atoms with van der Waals surface area (Å²) in [5.41, 5.74) is 1.54. The molecule has 1 aliphatic carbocycles. The Kier molecular flexibility index (Phi) is 3.10. The lowest BCUT2D eigenvalue weighted by atomic mass is 9.88. The lowest BCUT2D eigenvalue weighted by Gasteiger charge is -2.24. The molecule has 2 N–H and O–H groups in total. The summed E-state index contributed by atoms with van der Waals surface area (Å²) in [7, 11) is 0. The fourth-order valence-electron chi connectivity index (χ4n) is 3.70. The molecule has 6 heteroatoms. The maximum absolute atomic E-state index is 12.5. The predicted molar refractivity (Wildman–Crippen MR) is 81.9 cm³/mol. The average Bonchev–Trinajstić information content (AvgIpc) is 3.16. The summed E-state index contributed by atoms with van der Waals surface area (Å²) >= 11 is 0. The zero-order valence-electron chi connectivity index (χ0n) is 12.2. The minimum Gasteiger partial charge on any atom is -0.311 e. The minimum absolute atomic E-state index is 0.0416. The molecule has 1 fully saturated rings. The number of aromatic nitrogens is 3. The normalized spacial score (nSPS) is 21.6. The first kappa shape index (κ1) is 13.3. The van der Waals surface area contributed by atoms with E-state index < -0.39 is 0 Å². The fraction of sp³-hybridized carbons (Fsp3) is 0.438. The van der Waals surface area contributed by atoms with E-state index in [0.29, 0.717) is 17.8 Å². The Hall–Kier alpha value is -2.37. The first-order valence-electron chi connectivity index (χ1n) is 7.78. The van der Waals surface area contributed by atoms with Crippen LogP contribution < -0.4 is 10.9 Å². The van der Waals surface area contributed by atoms with E-state index in [1.807, 2.05) is 16.8 Å². The molecule has 2 aromatic heterocycles. The quantitative estimate of drug-likeness (QED) is 0.891.